The Hall–Kier alpha value is -2.67. The van der Waals surface area contributed by atoms with Gasteiger partial charge in [-0.05, 0) is 99.5 Å². The number of carbonyl (C=O) groups excluding carboxylic acids is 2. The summed E-state index contributed by atoms with van der Waals surface area (Å²) in [6.07, 6.45) is 6.46. The third kappa shape index (κ3) is 4.26. The molecule has 4 aliphatic rings. The van der Waals surface area contributed by atoms with Crippen LogP contribution in [0.3, 0.4) is 0 Å². The number of hydrogen-bond acceptors (Lipinski definition) is 5. The molecular weight excluding hydrogens is 450 g/mol. The van der Waals surface area contributed by atoms with E-state index in [1.165, 1.54) is 31.4 Å². The van der Waals surface area contributed by atoms with E-state index in [1.807, 2.05) is 13.0 Å². The minimum Gasteiger partial charge on any atom is -0.454 e. The van der Waals surface area contributed by atoms with Crippen LogP contribution in [0.4, 0.5) is 5.69 Å². The predicted octanol–water partition coefficient (Wildman–Crippen LogP) is 5.05. The van der Waals surface area contributed by atoms with Crippen LogP contribution in [-0.4, -0.2) is 26.8 Å². The van der Waals surface area contributed by atoms with Crippen molar-refractivity contribution in [1.29, 1.82) is 0 Å². The largest absolute Gasteiger partial charge is 0.454 e. The third-order valence-corrected chi connectivity index (χ3v) is 9.50. The lowest BCUT2D eigenvalue weighted by Gasteiger charge is -2.55. The first-order chi connectivity index (χ1) is 16.1. The number of esters is 1. The smallest absolute Gasteiger partial charge is 0.340 e. The molecule has 4 aliphatic carbocycles. The number of hydrogen-bond donors (Lipinski definition) is 1. The highest BCUT2D eigenvalue weighted by Gasteiger charge is 2.54. The molecule has 4 saturated carbocycles. The summed E-state index contributed by atoms with van der Waals surface area (Å²) < 4.78 is 34.1. The lowest BCUT2D eigenvalue weighted by molar-refractivity contribution is -0.147. The maximum absolute atomic E-state index is 13.2. The van der Waals surface area contributed by atoms with Crippen molar-refractivity contribution in [3.8, 4) is 0 Å². The highest BCUT2D eigenvalue weighted by Crippen LogP contribution is 2.60. The molecule has 0 saturated heterocycles. The van der Waals surface area contributed by atoms with Crippen molar-refractivity contribution in [2.24, 2.45) is 23.2 Å². The normalized spacial score (nSPS) is 27.4. The minimum atomic E-state index is -3.91. The van der Waals surface area contributed by atoms with E-state index in [0.717, 1.165) is 24.8 Å². The van der Waals surface area contributed by atoms with Gasteiger partial charge in [0.25, 0.3) is 10.0 Å². The van der Waals surface area contributed by atoms with Crippen molar-refractivity contribution in [2.75, 3.05) is 11.3 Å². The van der Waals surface area contributed by atoms with E-state index in [1.54, 1.807) is 31.2 Å². The number of nitrogens with one attached hydrogen (secondary N) is 1. The number of ketones is 1. The second kappa shape index (κ2) is 8.52. The van der Waals surface area contributed by atoms with Crippen LogP contribution in [0.5, 0.6) is 0 Å². The summed E-state index contributed by atoms with van der Waals surface area (Å²) in [6.45, 7) is 3.29. The summed E-state index contributed by atoms with van der Waals surface area (Å²) in [6, 6.07) is 11.5. The van der Waals surface area contributed by atoms with Crippen molar-refractivity contribution in [3.05, 3.63) is 59.2 Å². The zero-order valence-electron chi connectivity index (χ0n) is 19.7. The van der Waals surface area contributed by atoms with Crippen molar-refractivity contribution in [3.63, 3.8) is 0 Å². The van der Waals surface area contributed by atoms with Crippen LogP contribution in [0.2, 0.25) is 0 Å². The molecule has 6 nitrogen and oxygen atoms in total. The topological polar surface area (TPSA) is 89.5 Å². The van der Waals surface area contributed by atoms with Gasteiger partial charge in [0.1, 0.15) is 0 Å². The highest BCUT2D eigenvalue weighted by molar-refractivity contribution is 7.92. The number of sulfonamides is 1. The molecular formula is C27H31NO5S. The zero-order chi connectivity index (χ0) is 24.1. The molecule has 0 amide bonds. The van der Waals surface area contributed by atoms with Gasteiger partial charge in [-0.3, -0.25) is 9.52 Å². The maximum atomic E-state index is 13.2. The number of rotatable bonds is 7. The average Bonchev–Trinajstić information content (AvgIpc) is 2.78. The number of para-hydroxylation sites is 1. The van der Waals surface area contributed by atoms with Gasteiger partial charge in [0.05, 0.1) is 16.1 Å². The molecule has 0 heterocycles. The predicted molar refractivity (Wildman–Crippen MR) is 129 cm³/mol. The van der Waals surface area contributed by atoms with Crippen LogP contribution in [0.15, 0.2) is 47.4 Å². The van der Waals surface area contributed by atoms with Gasteiger partial charge in [0.2, 0.25) is 0 Å². The Morgan fingerprint density at radius 2 is 1.59 bits per heavy atom. The quantitative estimate of drug-likeness (QED) is 0.559. The molecule has 34 heavy (non-hydrogen) atoms. The second-order valence-corrected chi connectivity index (χ2v) is 12.3. The Bertz CT molecular complexity index is 1210. The summed E-state index contributed by atoms with van der Waals surface area (Å²) in [5.74, 6) is 1.22. The zero-order valence-corrected chi connectivity index (χ0v) is 20.5. The molecule has 6 rings (SSSR count). The van der Waals surface area contributed by atoms with Gasteiger partial charge in [0, 0.05) is 5.41 Å². The molecule has 1 N–H and O–H groups in total. The van der Waals surface area contributed by atoms with Gasteiger partial charge in [-0.2, -0.15) is 0 Å². The maximum Gasteiger partial charge on any atom is 0.340 e. The van der Waals surface area contributed by atoms with Gasteiger partial charge >= 0.3 is 5.97 Å². The van der Waals surface area contributed by atoms with Gasteiger partial charge < -0.3 is 4.74 Å². The minimum absolute atomic E-state index is 0.0217. The van der Waals surface area contributed by atoms with Crippen LogP contribution in [0, 0.1) is 37.0 Å². The second-order valence-electron chi connectivity index (χ2n) is 10.6. The van der Waals surface area contributed by atoms with Crippen LogP contribution in [0.25, 0.3) is 0 Å². The van der Waals surface area contributed by atoms with Crippen molar-refractivity contribution >= 4 is 27.5 Å². The first-order valence-electron chi connectivity index (χ1n) is 12.0. The molecule has 0 unspecified atom stereocenters. The van der Waals surface area contributed by atoms with E-state index in [9.17, 15) is 18.0 Å². The lowest BCUT2D eigenvalue weighted by atomic mass is 9.48. The number of ether oxygens (including phenoxy) is 1. The van der Waals surface area contributed by atoms with Gasteiger partial charge in [0.15, 0.2) is 12.4 Å². The molecule has 0 radical (unpaired) electrons. The molecule has 2 aromatic carbocycles. The molecule has 180 valence electrons. The number of Topliss-reactive ketones (excluding diaryl/α,β-unsaturated/α-hetero) is 1. The Morgan fingerprint density at radius 3 is 2.24 bits per heavy atom. The Labute approximate surface area is 201 Å². The van der Waals surface area contributed by atoms with Crippen molar-refractivity contribution in [1.82, 2.24) is 0 Å². The Balaban J connectivity index is 1.30. The van der Waals surface area contributed by atoms with E-state index in [0.29, 0.717) is 23.3 Å². The van der Waals surface area contributed by atoms with E-state index >= 15 is 0 Å². The molecule has 7 heteroatoms. The molecule has 0 aliphatic heterocycles. The summed E-state index contributed by atoms with van der Waals surface area (Å²) >= 11 is 0. The fourth-order valence-electron chi connectivity index (χ4n) is 6.76. The van der Waals surface area contributed by atoms with Crippen molar-refractivity contribution < 1.29 is 22.7 Å². The van der Waals surface area contributed by atoms with E-state index in [-0.39, 0.29) is 34.0 Å². The number of aryl methyl sites for hydroxylation is 2. The summed E-state index contributed by atoms with van der Waals surface area (Å²) in [7, 11) is -3.91. The number of anilines is 1. The molecule has 2 aromatic rings. The molecule has 4 bridgehead atoms. The average molecular weight is 482 g/mol. The Morgan fingerprint density at radius 1 is 0.971 bits per heavy atom. The van der Waals surface area contributed by atoms with Crippen LogP contribution < -0.4 is 4.72 Å². The Kier molecular flexibility index (Phi) is 5.79. The summed E-state index contributed by atoms with van der Waals surface area (Å²) in [4.78, 5) is 26.3. The third-order valence-electron chi connectivity index (χ3n) is 7.99. The number of benzene rings is 2. The van der Waals surface area contributed by atoms with E-state index < -0.39 is 16.0 Å². The molecule has 4 fully saturated rings. The van der Waals surface area contributed by atoms with Gasteiger partial charge in [-0.15, -0.1) is 0 Å². The number of carbonyl (C=O) groups is 2. The van der Waals surface area contributed by atoms with Crippen molar-refractivity contribution in [2.45, 2.75) is 57.3 Å². The standard InChI is InChI=1S/C27H31NO5S/c1-17-7-8-18(2)24(9-17)34(31,32)28-23-6-4-3-5-22(23)26(30)33-16-25(29)27-13-19-10-20(14-27)12-21(11-19)15-27/h3-9,19-21,28H,10-16H2,1-2H3. The molecule has 0 atom stereocenters. The molecule has 0 spiro atoms. The van der Waals surface area contributed by atoms with Crippen LogP contribution in [-0.2, 0) is 19.6 Å². The van der Waals surface area contributed by atoms with Crippen LogP contribution >= 0.6 is 0 Å². The van der Waals surface area contributed by atoms with Gasteiger partial charge in [-0.25, -0.2) is 13.2 Å². The fourth-order valence-corrected chi connectivity index (χ4v) is 8.17. The van der Waals surface area contributed by atoms with E-state index in [4.69, 9.17) is 4.74 Å². The fraction of sp³-hybridized carbons (Fsp3) is 0.481. The SMILES string of the molecule is Cc1ccc(C)c(S(=O)(=O)Nc2ccccc2C(=O)OCC(=O)C23CC4CC(CC(C4)C2)C3)c1. The van der Waals surface area contributed by atoms with Gasteiger partial charge in [-0.1, -0.05) is 24.3 Å². The monoisotopic (exact) mass is 481 g/mol. The first kappa shape index (κ1) is 23.1. The van der Waals surface area contributed by atoms with E-state index in [2.05, 4.69) is 4.72 Å². The highest BCUT2D eigenvalue weighted by atomic mass is 32.2. The summed E-state index contributed by atoms with van der Waals surface area (Å²) in [5, 5.41) is 0. The first-order valence-corrected chi connectivity index (χ1v) is 13.5. The molecule has 0 aromatic heterocycles. The summed E-state index contributed by atoms with van der Waals surface area (Å²) in [5.41, 5.74) is 1.32. The lowest BCUT2D eigenvalue weighted by Crippen LogP contribution is -2.51. The van der Waals surface area contributed by atoms with Crippen LogP contribution in [0.1, 0.15) is 60.0 Å².